The third kappa shape index (κ3) is 2.86. The fourth-order valence-corrected chi connectivity index (χ4v) is 4.08. The minimum atomic E-state index is -0.181. The Morgan fingerprint density at radius 1 is 1.14 bits per heavy atom. The molecule has 2 amide bonds. The van der Waals surface area contributed by atoms with Gasteiger partial charge in [0, 0.05) is 45.8 Å². The van der Waals surface area contributed by atoms with Crippen LogP contribution in [0.2, 0.25) is 0 Å². The number of fused-ring (bicyclic) bond motifs is 3. The van der Waals surface area contributed by atoms with Gasteiger partial charge >= 0.3 is 0 Å². The average molecular weight is 385 g/mol. The second-order valence-corrected chi connectivity index (χ2v) is 7.68. The molecule has 1 saturated heterocycles. The van der Waals surface area contributed by atoms with E-state index < -0.39 is 0 Å². The molecule has 2 fully saturated rings. The van der Waals surface area contributed by atoms with Crippen LogP contribution in [0, 0.1) is 0 Å². The molecule has 28 heavy (non-hydrogen) atoms. The minimum absolute atomic E-state index is 0.0760. The monoisotopic (exact) mass is 385 g/mol. The van der Waals surface area contributed by atoms with Gasteiger partial charge in [-0.3, -0.25) is 19.2 Å². The lowest BCUT2D eigenvalue weighted by molar-refractivity contribution is 0.0363. The second-order valence-electron chi connectivity index (χ2n) is 7.68. The third-order valence-corrected chi connectivity index (χ3v) is 5.90. The summed E-state index contributed by atoms with van der Waals surface area (Å²) in [5.74, 6) is 0.986. The lowest BCUT2D eigenvalue weighted by atomic mass is 9.93. The molecule has 11 heteroatoms. The van der Waals surface area contributed by atoms with Gasteiger partial charge in [0.25, 0.3) is 11.8 Å². The molecule has 0 radical (unpaired) electrons. The van der Waals surface area contributed by atoms with E-state index in [4.69, 9.17) is 0 Å². The Balaban J connectivity index is 1.35. The molecule has 1 saturated carbocycles. The van der Waals surface area contributed by atoms with Gasteiger partial charge in [0.05, 0.1) is 6.04 Å². The molecule has 2 aromatic heterocycles. The van der Waals surface area contributed by atoms with Crippen molar-refractivity contribution >= 4 is 11.8 Å². The molecular formula is C17H23N9O2. The minimum Gasteiger partial charge on any atom is -0.347 e. The molecule has 11 nitrogen and oxygen atoms in total. The van der Waals surface area contributed by atoms with Gasteiger partial charge in [0.1, 0.15) is 6.33 Å². The van der Waals surface area contributed by atoms with Crippen LogP contribution in [0.25, 0.3) is 0 Å². The summed E-state index contributed by atoms with van der Waals surface area (Å²) in [6.07, 6.45) is 4.74. The van der Waals surface area contributed by atoms with Gasteiger partial charge in [0.2, 0.25) is 11.6 Å². The summed E-state index contributed by atoms with van der Waals surface area (Å²) in [7, 11) is 1.74. The lowest BCUT2D eigenvalue weighted by Gasteiger charge is -2.43. The van der Waals surface area contributed by atoms with Gasteiger partial charge in [-0.15, -0.1) is 15.3 Å². The molecular weight excluding hydrogens is 362 g/mol. The van der Waals surface area contributed by atoms with E-state index >= 15 is 0 Å². The molecule has 0 spiro atoms. The zero-order valence-electron chi connectivity index (χ0n) is 15.8. The Labute approximate surface area is 161 Å². The number of amides is 2. The Morgan fingerprint density at radius 3 is 2.68 bits per heavy atom. The lowest BCUT2D eigenvalue weighted by Crippen LogP contribution is -2.54. The number of nitrogens with one attached hydrogen (secondary N) is 1. The predicted octanol–water partition coefficient (Wildman–Crippen LogP) is -0.798. The number of piperazine rings is 1. The van der Waals surface area contributed by atoms with E-state index in [1.54, 1.807) is 11.9 Å². The molecule has 2 aliphatic heterocycles. The fourth-order valence-electron chi connectivity index (χ4n) is 4.08. The SMILES string of the molecule is Cn1cnc(C(=O)N2CCN3CCn4c(C(=O)NC5CCC5)nnc4C3C2)n1. The van der Waals surface area contributed by atoms with Crippen LogP contribution in [0.1, 0.15) is 52.4 Å². The highest BCUT2D eigenvalue weighted by Gasteiger charge is 2.39. The van der Waals surface area contributed by atoms with E-state index in [9.17, 15) is 9.59 Å². The number of carbonyl (C=O) groups is 2. The van der Waals surface area contributed by atoms with Crippen LogP contribution < -0.4 is 5.32 Å². The van der Waals surface area contributed by atoms with Crippen molar-refractivity contribution in [2.24, 2.45) is 7.05 Å². The Morgan fingerprint density at radius 2 is 1.96 bits per heavy atom. The second kappa shape index (κ2) is 6.66. The summed E-state index contributed by atoms with van der Waals surface area (Å²) in [4.78, 5) is 33.4. The standard InChI is InChI=1S/C17H23N9O2/c1-23-10-18-13(22-23)17(28)25-6-5-24-7-8-26-14(12(24)9-25)20-21-15(26)16(27)19-11-3-2-4-11/h10-12H,2-9H2,1H3,(H,19,27). The first-order valence-corrected chi connectivity index (χ1v) is 9.73. The van der Waals surface area contributed by atoms with Crippen LogP contribution >= 0.6 is 0 Å². The maximum absolute atomic E-state index is 12.7. The van der Waals surface area contributed by atoms with Crippen LogP contribution in [0.4, 0.5) is 0 Å². The fraction of sp³-hybridized carbons (Fsp3) is 0.647. The summed E-state index contributed by atoms with van der Waals surface area (Å²) in [5.41, 5.74) is 0. The topological polar surface area (TPSA) is 114 Å². The summed E-state index contributed by atoms with van der Waals surface area (Å²) in [5, 5.41) is 15.6. The molecule has 5 rings (SSSR count). The molecule has 2 aromatic rings. The van der Waals surface area contributed by atoms with Gasteiger partial charge in [-0.05, 0) is 19.3 Å². The average Bonchev–Trinajstić information content (AvgIpc) is 3.30. The maximum Gasteiger partial charge on any atom is 0.293 e. The van der Waals surface area contributed by atoms with Crippen LogP contribution in [-0.2, 0) is 13.6 Å². The van der Waals surface area contributed by atoms with Crippen LogP contribution in [-0.4, -0.2) is 83.4 Å². The quantitative estimate of drug-likeness (QED) is 0.736. The number of aryl methyl sites for hydroxylation is 1. The Kier molecular flexibility index (Phi) is 4.11. The highest BCUT2D eigenvalue weighted by Crippen LogP contribution is 2.29. The van der Waals surface area contributed by atoms with Gasteiger partial charge in [0.15, 0.2) is 5.82 Å². The number of aromatic nitrogens is 6. The van der Waals surface area contributed by atoms with E-state index in [1.165, 1.54) is 11.0 Å². The summed E-state index contributed by atoms with van der Waals surface area (Å²) in [6.45, 7) is 3.35. The van der Waals surface area contributed by atoms with Crippen molar-refractivity contribution in [1.29, 1.82) is 0 Å². The van der Waals surface area contributed by atoms with Crippen molar-refractivity contribution in [3.05, 3.63) is 23.8 Å². The first-order valence-electron chi connectivity index (χ1n) is 9.73. The number of rotatable bonds is 3. The van der Waals surface area contributed by atoms with E-state index in [2.05, 4.69) is 30.5 Å². The summed E-state index contributed by atoms with van der Waals surface area (Å²) in [6, 6.07) is 0.183. The number of hydrogen-bond acceptors (Lipinski definition) is 7. The van der Waals surface area contributed by atoms with Crippen LogP contribution in [0.15, 0.2) is 6.33 Å². The largest absolute Gasteiger partial charge is 0.347 e. The smallest absolute Gasteiger partial charge is 0.293 e. The zero-order chi connectivity index (χ0) is 19.3. The first-order chi connectivity index (χ1) is 13.6. The van der Waals surface area contributed by atoms with Gasteiger partial charge in [-0.25, -0.2) is 4.98 Å². The molecule has 4 heterocycles. The Hall–Kier alpha value is -2.82. The van der Waals surface area contributed by atoms with Crippen molar-refractivity contribution in [3.63, 3.8) is 0 Å². The number of hydrogen-bond donors (Lipinski definition) is 1. The van der Waals surface area contributed by atoms with E-state index in [0.717, 1.165) is 38.2 Å². The van der Waals surface area contributed by atoms with Gasteiger partial charge in [-0.1, -0.05) is 0 Å². The normalized spacial score (nSPS) is 22.3. The highest BCUT2D eigenvalue weighted by atomic mass is 16.2. The molecule has 1 N–H and O–H groups in total. The molecule has 0 bridgehead atoms. The highest BCUT2D eigenvalue weighted by molar-refractivity contribution is 5.91. The number of carbonyl (C=O) groups excluding carboxylic acids is 2. The molecule has 1 unspecified atom stereocenters. The molecule has 3 aliphatic rings. The predicted molar refractivity (Wildman–Crippen MR) is 96.3 cm³/mol. The molecule has 148 valence electrons. The summed E-state index contributed by atoms with van der Waals surface area (Å²) < 4.78 is 3.43. The summed E-state index contributed by atoms with van der Waals surface area (Å²) >= 11 is 0. The van der Waals surface area contributed by atoms with Crippen LogP contribution in [0.3, 0.4) is 0 Å². The Bertz CT molecular complexity index is 916. The molecule has 0 aromatic carbocycles. The van der Waals surface area contributed by atoms with E-state index in [1.807, 2.05) is 4.57 Å². The van der Waals surface area contributed by atoms with Crippen molar-refractivity contribution in [3.8, 4) is 0 Å². The van der Waals surface area contributed by atoms with Crippen molar-refractivity contribution in [1.82, 2.24) is 44.6 Å². The molecule has 1 atom stereocenters. The van der Waals surface area contributed by atoms with Gasteiger partial charge < -0.3 is 14.8 Å². The van der Waals surface area contributed by atoms with E-state index in [-0.39, 0.29) is 29.7 Å². The molecule has 1 aliphatic carbocycles. The van der Waals surface area contributed by atoms with Crippen molar-refractivity contribution < 1.29 is 9.59 Å². The maximum atomic E-state index is 12.7. The third-order valence-electron chi connectivity index (χ3n) is 5.90. The van der Waals surface area contributed by atoms with E-state index in [0.29, 0.717) is 25.5 Å². The first kappa shape index (κ1) is 17.3. The van der Waals surface area contributed by atoms with Gasteiger partial charge in [-0.2, -0.15) is 0 Å². The van der Waals surface area contributed by atoms with Crippen molar-refractivity contribution in [2.75, 3.05) is 26.2 Å². The van der Waals surface area contributed by atoms with Crippen LogP contribution in [0.5, 0.6) is 0 Å². The number of nitrogens with zero attached hydrogens (tertiary/aromatic N) is 8. The van der Waals surface area contributed by atoms with Crippen molar-refractivity contribution in [2.45, 2.75) is 37.9 Å². The zero-order valence-corrected chi connectivity index (χ0v) is 15.8.